The van der Waals surface area contributed by atoms with Crippen LogP contribution in [-0.2, 0) is 0 Å². The molecule has 0 spiro atoms. The molecule has 0 radical (unpaired) electrons. The lowest BCUT2D eigenvalue weighted by Crippen LogP contribution is -2.12. The van der Waals surface area contributed by atoms with Crippen molar-refractivity contribution in [2.45, 2.75) is 0 Å². The fourth-order valence-corrected chi connectivity index (χ4v) is 2.03. The molecule has 0 aliphatic carbocycles. The van der Waals surface area contributed by atoms with Gasteiger partial charge in [0.1, 0.15) is 5.75 Å². The van der Waals surface area contributed by atoms with Crippen molar-refractivity contribution in [3.63, 3.8) is 0 Å². The molecule has 5 nitrogen and oxygen atoms in total. The molecule has 2 aromatic rings. The summed E-state index contributed by atoms with van der Waals surface area (Å²) in [6.45, 7) is 0. The zero-order valence-corrected chi connectivity index (χ0v) is 12.7. The molecule has 0 saturated carbocycles. The smallest absolute Gasteiger partial charge is 0.335 e. The monoisotopic (exact) mass is 349 g/mol. The minimum Gasteiger partial charge on any atom is -0.497 e. The van der Waals surface area contributed by atoms with Crippen LogP contribution in [0, 0.1) is 0 Å². The normalized spacial score (nSPS) is 10.0. The first-order chi connectivity index (χ1) is 10.0. The number of benzene rings is 2. The fraction of sp³-hybridized carbons (Fsp3) is 0.0667. The molecule has 0 atom stereocenters. The van der Waals surface area contributed by atoms with Crippen molar-refractivity contribution >= 4 is 33.5 Å². The van der Waals surface area contributed by atoms with E-state index < -0.39 is 5.97 Å². The van der Waals surface area contributed by atoms with Crippen LogP contribution in [0.1, 0.15) is 20.7 Å². The summed E-state index contributed by atoms with van der Waals surface area (Å²) in [4.78, 5) is 22.9. The number of hydrogen-bond donors (Lipinski definition) is 2. The average molecular weight is 350 g/mol. The van der Waals surface area contributed by atoms with Crippen LogP contribution in [0.3, 0.4) is 0 Å². The first-order valence-electron chi connectivity index (χ1n) is 5.99. The molecule has 21 heavy (non-hydrogen) atoms. The lowest BCUT2D eigenvalue weighted by Gasteiger charge is -2.09. The molecule has 2 rings (SSSR count). The number of carbonyl (C=O) groups is 2. The predicted octanol–water partition coefficient (Wildman–Crippen LogP) is 3.41. The van der Waals surface area contributed by atoms with E-state index in [1.54, 1.807) is 25.3 Å². The van der Waals surface area contributed by atoms with Gasteiger partial charge in [0.05, 0.1) is 18.4 Å². The van der Waals surface area contributed by atoms with Gasteiger partial charge in [-0.1, -0.05) is 0 Å². The molecule has 0 unspecified atom stereocenters. The second-order valence-electron chi connectivity index (χ2n) is 4.18. The summed E-state index contributed by atoms with van der Waals surface area (Å²) in [7, 11) is 1.54. The summed E-state index contributed by atoms with van der Waals surface area (Å²) in [6, 6.07) is 10.9. The largest absolute Gasteiger partial charge is 0.497 e. The zero-order chi connectivity index (χ0) is 15.4. The Hall–Kier alpha value is -2.34. The third kappa shape index (κ3) is 3.61. The van der Waals surface area contributed by atoms with Crippen molar-refractivity contribution in [1.29, 1.82) is 0 Å². The highest BCUT2D eigenvalue weighted by atomic mass is 79.9. The molecule has 0 aromatic heterocycles. The summed E-state index contributed by atoms with van der Waals surface area (Å²) in [5.74, 6) is -0.742. The van der Waals surface area contributed by atoms with Gasteiger partial charge in [-0.3, -0.25) is 4.79 Å². The topological polar surface area (TPSA) is 75.6 Å². The molecule has 2 aromatic carbocycles. The molecule has 2 N–H and O–H groups in total. The van der Waals surface area contributed by atoms with Crippen LogP contribution in [0.15, 0.2) is 46.9 Å². The van der Waals surface area contributed by atoms with Gasteiger partial charge >= 0.3 is 5.97 Å². The number of anilines is 1. The van der Waals surface area contributed by atoms with E-state index in [4.69, 9.17) is 9.84 Å². The molecule has 6 heteroatoms. The van der Waals surface area contributed by atoms with Crippen LogP contribution >= 0.6 is 15.9 Å². The van der Waals surface area contributed by atoms with E-state index in [1.807, 2.05) is 0 Å². The van der Waals surface area contributed by atoms with Crippen molar-refractivity contribution in [3.05, 3.63) is 58.1 Å². The highest BCUT2D eigenvalue weighted by molar-refractivity contribution is 9.10. The quantitative estimate of drug-likeness (QED) is 0.886. The summed E-state index contributed by atoms with van der Waals surface area (Å²) >= 11 is 3.34. The van der Waals surface area contributed by atoms with Gasteiger partial charge in [0.25, 0.3) is 5.91 Å². The summed E-state index contributed by atoms with van der Waals surface area (Å²) < 4.78 is 5.82. The second kappa shape index (κ2) is 6.41. The fourth-order valence-electron chi connectivity index (χ4n) is 1.69. The lowest BCUT2D eigenvalue weighted by atomic mass is 10.1. The second-order valence-corrected chi connectivity index (χ2v) is 5.04. The van der Waals surface area contributed by atoms with E-state index in [1.165, 1.54) is 24.3 Å². The number of aromatic carboxylic acids is 1. The Morgan fingerprint density at radius 2 is 1.71 bits per heavy atom. The van der Waals surface area contributed by atoms with Crippen molar-refractivity contribution < 1.29 is 19.4 Å². The van der Waals surface area contributed by atoms with Crippen LogP contribution in [0.4, 0.5) is 5.69 Å². The van der Waals surface area contributed by atoms with Crippen molar-refractivity contribution in [1.82, 2.24) is 0 Å². The maximum Gasteiger partial charge on any atom is 0.335 e. The molecule has 0 saturated heterocycles. The van der Waals surface area contributed by atoms with E-state index in [0.717, 1.165) is 4.47 Å². The maximum absolute atomic E-state index is 12.1. The highest BCUT2D eigenvalue weighted by Crippen LogP contribution is 2.27. The number of rotatable bonds is 4. The Morgan fingerprint density at radius 1 is 1.10 bits per heavy atom. The number of nitrogens with one attached hydrogen (secondary N) is 1. The van der Waals surface area contributed by atoms with Gasteiger partial charge in [0.2, 0.25) is 0 Å². The zero-order valence-electron chi connectivity index (χ0n) is 11.1. The van der Waals surface area contributed by atoms with Gasteiger partial charge in [0, 0.05) is 16.1 Å². The third-order valence-corrected chi connectivity index (χ3v) is 3.51. The Balaban J connectivity index is 2.19. The lowest BCUT2D eigenvalue weighted by molar-refractivity contribution is 0.0696. The van der Waals surface area contributed by atoms with Crippen LogP contribution in [0.5, 0.6) is 5.75 Å². The first-order valence-corrected chi connectivity index (χ1v) is 6.79. The molecule has 1 amide bonds. The van der Waals surface area contributed by atoms with Crippen LogP contribution in [-0.4, -0.2) is 24.1 Å². The predicted molar refractivity (Wildman–Crippen MR) is 82.0 cm³/mol. The molecular formula is C15H12BrNO4. The van der Waals surface area contributed by atoms with Gasteiger partial charge in [-0.2, -0.15) is 0 Å². The third-order valence-electron chi connectivity index (χ3n) is 2.82. The Labute approximate surface area is 129 Å². The number of carboxylic acids is 1. The number of carbonyl (C=O) groups excluding carboxylic acids is 1. The van der Waals surface area contributed by atoms with E-state index >= 15 is 0 Å². The van der Waals surface area contributed by atoms with Gasteiger partial charge in [-0.25, -0.2) is 4.79 Å². The van der Waals surface area contributed by atoms with Crippen LogP contribution < -0.4 is 10.1 Å². The summed E-state index contributed by atoms with van der Waals surface area (Å²) in [5.41, 5.74) is 1.07. The maximum atomic E-state index is 12.1. The van der Waals surface area contributed by atoms with Crippen LogP contribution in [0.2, 0.25) is 0 Å². The molecule has 0 heterocycles. The minimum atomic E-state index is -1.03. The van der Waals surface area contributed by atoms with Gasteiger partial charge in [-0.15, -0.1) is 0 Å². The molecular weight excluding hydrogens is 338 g/mol. The van der Waals surface area contributed by atoms with Gasteiger partial charge < -0.3 is 15.2 Å². The Kier molecular flexibility index (Phi) is 4.59. The van der Waals surface area contributed by atoms with Crippen molar-refractivity contribution in [2.75, 3.05) is 12.4 Å². The average Bonchev–Trinajstić information content (AvgIpc) is 2.49. The Bertz CT molecular complexity index is 683. The molecule has 0 fully saturated rings. The SMILES string of the molecule is COc1ccc(Br)c(NC(=O)c2ccc(C(=O)O)cc2)c1. The van der Waals surface area contributed by atoms with E-state index in [0.29, 0.717) is 17.0 Å². The number of halogens is 1. The number of ether oxygens (including phenoxy) is 1. The number of carboxylic acid groups (broad SMARTS) is 1. The summed E-state index contributed by atoms with van der Waals surface area (Å²) in [5, 5.41) is 11.6. The molecule has 108 valence electrons. The minimum absolute atomic E-state index is 0.133. The number of hydrogen-bond acceptors (Lipinski definition) is 3. The van der Waals surface area contributed by atoms with E-state index in [2.05, 4.69) is 21.2 Å². The molecule has 0 aliphatic heterocycles. The van der Waals surface area contributed by atoms with Crippen LogP contribution in [0.25, 0.3) is 0 Å². The molecule has 0 aliphatic rings. The van der Waals surface area contributed by atoms with Gasteiger partial charge in [-0.05, 0) is 52.3 Å². The standard InChI is InChI=1S/C15H12BrNO4/c1-21-11-6-7-12(16)13(8-11)17-14(18)9-2-4-10(5-3-9)15(19)20/h2-8H,1H3,(H,17,18)(H,19,20). The van der Waals surface area contributed by atoms with Crippen molar-refractivity contribution in [3.8, 4) is 5.75 Å². The number of methoxy groups -OCH3 is 1. The van der Waals surface area contributed by atoms with E-state index in [-0.39, 0.29) is 11.5 Å². The Morgan fingerprint density at radius 3 is 2.29 bits per heavy atom. The van der Waals surface area contributed by atoms with E-state index in [9.17, 15) is 9.59 Å². The molecule has 0 bridgehead atoms. The number of amides is 1. The van der Waals surface area contributed by atoms with Crippen molar-refractivity contribution in [2.24, 2.45) is 0 Å². The highest BCUT2D eigenvalue weighted by Gasteiger charge is 2.10. The summed E-state index contributed by atoms with van der Waals surface area (Å²) in [6.07, 6.45) is 0. The van der Waals surface area contributed by atoms with Gasteiger partial charge in [0.15, 0.2) is 0 Å². The first kappa shape index (κ1) is 15.1.